The highest BCUT2D eigenvalue weighted by molar-refractivity contribution is 9.10. The molecule has 3 N–H and O–H groups in total. The quantitative estimate of drug-likeness (QED) is 0.649. The lowest BCUT2D eigenvalue weighted by atomic mass is 10.3. The van der Waals surface area contributed by atoms with Gasteiger partial charge in [0.25, 0.3) is 0 Å². The van der Waals surface area contributed by atoms with Gasteiger partial charge in [-0.3, -0.25) is 4.79 Å². The van der Waals surface area contributed by atoms with Gasteiger partial charge < -0.3 is 14.9 Å². The molecular weight excluding hydrogens is 354 g/mol. The highest BCUT2D eigenvalue weighted by Gasteiger charge is 2.27. The molecule has 20 heavy (non-hydrogen) atoms. The summed E-state index contributed by atoms with van der Waals surface area (Å²) in [4.78, 5) is 10.6. The maximum atomic E-state index is 12.2. The zero-order chi connectivity index (χ0) is 15.3. The molecule has 0 fully saturated rings. The van der Waals surface area contributed by atoms with Crippen molar-refractivity contribution in [2.24, 2.45) is 0 Å². The summed E-state index contributed by atoms with van der Waals surface area (Å²) >= 11 is 3.14. The van der Waals surface area contributed by atoms with Gasteiger partial charge in [-0.1, -0.05) is 15.9 Å². The number of aliphatic hydroxyl groups excluding tert-OH is 1. The third-order valence-electron chi connectivity index (χ3n) is 2.27. The number of aliphatic carboxylic acids is 1. The van der Waals surface area contributed by atoms with Gasteiger partial charge in [0.15, 0.2) is 0 Å². The first kappa shape index (κ1) is 16.9. The Labute approximate surface area is 124 Å². The third kappa shape index (κ3) is 4.17. The summed E-state index contributed by atoms with van der Waals surface area (Å²) in [5.74, 6) is -1.37. The Morgan fingerprint density at radius 1 is 1.50 bits per heavy atom. The summed E-state index contributed by atoms with van der Waals surface area (Å²) in [6.45, 7) is 1.10. The van der Waals surface area contributed by atoms with Crippen molar-refractivity contribution in [1.82, 2.24) is 4.72 Å². The molecule has 0 unspecified atom stereocenters. The van der Waals surface area contributed by atoms with Gasteiger partial charge in [0.1, 0.15) is 16.7 Å². The molecule has 0 bridgehead atoms. The van der Waals surface area contributed by atoms with E-state index in [2.05, 4.69) is 15.9 Å². The number of sulfonamides is 1. The maximum Gasteiger partial charge on any atom is 0.324 e. The van der Waals surface area contributed by atoms with Crippen LogP contribution in [0.25, 0.3) is 0 Å². The van der Waals surface area contributed by atoms with Crippen molar-refractivity contribution in [3.63, 3.8) is 0 Å². The second kappa shape index (κ2) is 7.02. The molecule has 0 aliphatic rings. The first-order valence-corrected chi connectivity index (χ1v) is 7.87. The van der Waals surface area contributed by atoms with E-state index in [1.165, 1.54) is 12.1 Å². The number of carboxylic acid groups (broad SMARTS) is 1. The molecule has 0 heterocycles. The average Bonchev–Trinajstić information content (AvgIpc) is 2.38. The third-order valence-corrected chi connectivity index (χ3v) is 4.26. The van der Waals surface area contributed by atoms with Crippen LogP contribution in [-0.2, 0) is 14.8 Å². The fraction of sp³-hybridized carbons (Fsp3) is 0.364. The summed E-state index contributed by atoms with van der Waals surface area (Å²) in [5, 5.41) is 17.7. The van der Waals surface area contributed by atoms with E-state index in [-0.39, 0.29) is 17.3 Å². The van der Waals surface area contributed by atoms with E-state index in [1.54, 1.807) is 13.0 Å². The molecule has 0 saturated heterocycles. The highest BCUT2D eigenvalue weighted by Crippen LogP contribution is 2.27. The van der Waals surface area contributed by atoms with Crippen molar-refractivity contribution in [3.05, 3.63) is 22.7 Å². The zero-order valence-corrected chi connectivity index (χ0v) is 12.9. The molecule has 0 radical (unpaired) electrons. The van der Waals surface area contributed by atoms with Crippen LogP contribution in [0.4, 0.5) is 0 Å². The number of hydrogen-bond donors (Lipinski definition) is 3. The van der Waals surface area contributed by atoms with Crippen LogP contribution < -0.4 is 9.46 Å². The molecule has 1 aromatic rings. The fourth-order valence-electron chi connectivity index (χ4n) is 1.38. The van der Waals surface area contributed by atoms with Gasteiger partial charge in [-0.15, -0.1) is 0 Å². The standard InChI is InChI=1S/C11H14BrNO6S/c1-2-19-9-4-3-7(12)5-10(9)20(17,18)13-8(6-14)11(15)16/h3-5,8,13-14H,2,6H2,1H3,(H,15,16)/t8-/m1/s1. The van der Waals surface area contributed by atoms with Crippen LogP contribution in [0.1, 0.15) is 6.92 Å². The second-order valence-electron chi connectivity index (χ2n) is 3.72. The number of nitrogens with one attached hydrogen (secondary N) is 1. The van der Waals surface area contributed by atoms with Gasteiger partial charge in [-0.25, -0.2) is 8.42 Å². The van der Waals surface area contributed by atoms with E-state index < -0.39 is 28.6 Å². The fourth-order valence-corrected chi connectivity index (χ4v) is 3.25. The molecule has 0 amide bonds. The van der Waals surface area contributed by atoms with Gasteiger partial charge in [-0.05, 0) is 25.1 Å². The van der Waals surface area contributed by atoms with Crippen molar-refractivity contribution in [2.75, 3.05) is 13.2 Å². The first-order chi connectivity index (χ1) is 9.31. The zero-order valence-electron chi connectivity index (χ0n) is 10.5. The molecule has 0 aliphatic heterocycles. The Morgan fingerprint density at radius 2 is 2.15 bits per heavy atom. The predicted molar refractivity (Wildman–Crippen MR) is 74.1 cm³/mol. The SMILES string of the molecule is CCOc1ccc(Br)cc1S(=O)(=O)N[C@H](CO)C(=O)O. The summed E-state index contributed by atoms with van der Waals surface area (Å²) in [6, 6.07) is 2.74. The maximum absolute atomic E-state index is 12.2. The number of benzene rings is 1. The van der Waals surface area contributed by atoms with Crippen LogP contribution in [0.5, 0.6) is 5.75 Å². The minimum atomic E-state index is -4.14. The number of carbonyl (C=O) groups is 1. The molecule has 1 aromatic carbocycles. The molecule has 0 aliphatic carbocycles. The van der Waals surface area contributed by atoms with Crippen LogP contribution >= 0.6 is 15.9 Å². The summed E-state index contributed by atoms with van der Waals surface area (Å²) in [5.41, 5.74) is 0. The smallest absolute Gasteiger partial charge is 0.324 e. The van der Waals surface area contributed by atoms with Crippen molar-refractivity contribution < 1.29 is 28.2 Å². The Morgan fingerprint density at radius 3 is 2.65 bits per heavy atom. The number of rotatable bonds is 7. The van der Waals surface area contributed by atoms with E-state index in [9.17, 15) is 13.2 Å². The Balaban J connectivity index is 3.20. The van der Waals surface area contributed by atoms with E-state index in [1.807, 2.05) is 4.72 Å². The molecule has 0 spiro atoms. The van der Waals surface area contributed by atoms with Gasteiger partial charge in [0.05, 0.1) is 13.2 Å². The first-order valence-electron chi connectivity index (χ1n) is 5.60. The topological polar surface area (TPSA) is 113 Å². The summed E-state index contributed by atoms with van der Waals surface area (Å²) in [7, 11) is -4.14. The van der Waals surface area contributed by atoms with E-state index in [4.69, 9.17) is 14.9 Å². The Hall–Kier alpha value is -1.16. The average molecular weight is 368 g/mol. The molecule has 1 atom stereocenters. The van der Waals surface area contributed by atoms with Crippen molar-refractivity contribution in [3.8, 4) is 5.75 Å². The largest absolute Gasteiger partial charge is 0.492 e. The van der Waals surface area contributed by atoms with Crippen molar-refractivity contribution >= 4 is 31.9 Å². The number of ether oxygens (including phenoxy) is 1. The minimum Gasteiger partial charge on any atom is -0.492 e. The van der Waals surface area contributed by atoms with Crippen molar-refractivity contribution in [2.45, 2.75) is 17.9 Å². The summed E-state index contributed by atoms with van der Waals surface area (Å²) < 4.78 is 31.9. The van der Waals surface area contributed by atoms with Gasteiger partial charge in [0.2, 0.25) is 10.0 Å². The molecule has 7 nitrogen and oxygen atoms in total. The minimum absolute atomic E-state index is 0.102. The van der Waals surface area contributed by atoms with Crippen LogP contribution in [0, 0.1) is 0 Å². The molecule has 1 rings (SSSR count). The molecule has 0 aromatic heterocycles. The lowest BCUT2D eigenvalue weighted by Crippen LogP contribution is -2.43. The van der Waals surface area contributed by atoms with Gasteiger partial charge >= 0.3 is 5.97 Å². The second-order valence-corrected chi connectivity index (χ2v) is 6.32. The highest BCUT2D eigenvalue weighted by atomic mass is 79.9. The normalized spacial score (nSPS) is 12.9. The van der Waals surface area contributed by atoms with E-state index in [0.717, 1.165) is 0 Å². The Kier molecular flexibility index (Phi) is 5.93. The van der Waals surface area contributed by atoms with Crippen LogP contribution in [0.2, 0.25) is 0 Å². The Bertz CT molecular complexity index is 589. The van der Waals surface area contributed by atoms with Crippen LogP contribution in [0.15, 0.2) is 27.6 Å². The van der Waals surface area contributed by atoms with Gasteiger partial charge in [0, 0.05) is 4.47 Å². The number of halogens is 1. The lowest BCUT2D eigenvalue weighted by Gasteiger charge is -2.15. The lowest BCUT2D eigenvalue weighted by molar-refractivity contribution is -0.139. The molecule has 112 valence electrons. The number of aliphatic hydroxyl groups is 1. The van der Waals surface area contributed by atoms with Crippen LogP contribution in [0.3, 0.4) is 0 Å². The van der Waals surface area contributed by atoms with Crippen LogP contribution in [-0.4, -0.2) is 43.9 Å². The molecule has 9 heteroatoms. The predicted octanol–water partition coefficient (Wildman–Crippen LogP) is 0.572. The van der Waals surface area contributed by atoms with Crippen molar-refractivity contribution in [1.29, 1.82) is 0 Å². The molecule has 0 saturated carbocycles. The van der Waals surface area contributed by atoms with E-state index in [0.29, 0.717) is 4.47 Å². The summed E-state index contributed by atoms with van der Waals surface area (Å²) in [6.07, 6.45) is 0. The van der Waals surface area contributed by atoms with Gasteiger partial charge in [-0.2, -0.15) is 4.72 Å². The number of carboxylic acids is 1. The molecular formula is C11H14BrNO6S. The number of hydrogen-bond acceptors (Lipinski definition) is 5. The monoisotopic (exact) mass is 367 g/mol. The van der Waals surface area contributed by atoms with E-state index >= 15 is 0 Å².